The van der Waals surface area contributed by atoms with Crippen LogP contribution >= 0.6 is 0 Å². The maximum atomic E-state index is 12.0. The maximum absolute atomic E-state index is 12.0. The standard InChI is InChI=1S/C20H22N4O4/c1-2-12-21-19(26)20(27)24-22-13-15-8-6-7-11-17(15)28-14-18(25)23-16-9-4-3-5-10-16/h3-11,13H,2,12,14H2,1H3,(H,21,26)(H,23,25)(H,24,27)/b22-13-. The molecule has 0 aliphatic rings. The summed E-state index contributed by atoms with van der Waals surface area (Å²) in [4.78, 5) is 35.1. The van der Waals surface area contributed by atoms with E-state index in [0.29, 0.717) is 23.5 Å². The molecule has 0 fully saturated rings. The van der Waals surface area contributed by atoms with Gasteiger partial charge in [-0.1, -0.05) is 37.3 Å². The van der Waals surface area contributed by atoms with Crippen molar-refractivity contribution in [2.45, 2.75) is 13.3 Å². The molecule has 3 N–H and O–H groups in total. The van der Waals surface area contributed by atoms with Crippen molar-refractivity contribution >= 4 is 29.6 Å². The number of carbonyl (C=O) groups excluding carboxylic acids is 3. The monoisotopic (exact) mass is 382 g/mol. The van der Waals surface area contributed by atoms with Gasteiger partial charge in [0, 0.05) is 17.8 Å². The highest BCUT2D eigenvalue weighted by atomic mass is 16.5. The van der Waals surface area contributed by atoms with Gasteiger partial charge < -0.3 is 15.4 Å². The van der Waals surface area contributed by atoms with Gasteiger partial charge in [0.15, 0.2) is 6.61 Å². The summed E-state index contributed by atoms with van der Waals surface area (Å²) in [5.41, 5.74) is 3.37. The number of anilines is 1. The largest absolute Gasteiger partial charge is 0.483 e. The molecule has 0 saturated carbocycles. The van der Waals surface area contributed by atoms with E-state index in [2.05, 4.69) is 21.2 Å². The number of hydrogen-bond acceptors (Lipinski definition) is 5. The lowest BCUT2D eigenvalue weighted by Gasteiger charge is -2.09. The molecule has 0 bridgehead atoms. The summed E-state index contributed by atoms with van der Waals surface area (Å²) >= 11 is 0. The number of nitrogens with zero attached hydrogens (tertiary/aromatic N) is 1. The number of rotatable bonds is 8. The smallest absolute Gasteiger partial charge is 0.329 e. The van der Waals surface area contributed by atoms with Crippen LogP contribution in [0.5, 0.6) is 5.75 Å². The number of nitrogens with one attached hydrogen (secondary N) is 3. The predicted octanol–water partition coefficient (Wildman–Crippen LogP) is 1.68. The zero-order valence-corrected chi connectivity index (χ0v) is 15.5. The first kappa shape index (κ1) is 20.6. The highest BCUT2D eigenvalue weighted by Gasteiger charge is 2.11. The van der Waals surface area contributed by atoms with Crippen LogP contribution in [0.1, 0.15) is 18.9 Å². The van der Waals surface area contributed by atoms with Crippen LogP contribution in [-0.2, 0) is 14.4 Å². The Kier molecular flexibility index (Phi) is 8.19. The molecule has 8 nitrogen and oxygen atoms in total. The quantitative estimate of drug-likeness (QED) is 0.367. The van der Waals surface area contributed by atoms with Crippen molar-refractivity contribution in [2.24, 2.45) is 5.10 Å². The molecule has 2 aromatic rings. The lowest BCUT2D eigenvalue weighted by molar-refractivity contribution is -0.139. The lowest BCUT2D eigenvalue weighted by atomic mass is 10.2. The molecule has 2 rings (SSSR count). The molecular weight excluding hydrogens is 360 g/mol. The molecule has 0 heterocycles. The number of ether oxygens (including phenoxy) is 1. The Hall–Kier alpha value is -3.68. The Morgan fingerprint density at radius 1 is 1.00 bits per heavy atom. The van der Waals surface area contributed by atoms with E-state index >= 15 is 0 Å². The molecule has 0 atom stereocenters. The van der Waals surface area contributed by atoms with E-state index in [1.807, 2.05) is 25.1 Å². The van der Waals surface area contributed by atoms with Crippen molar-refractivity contribution in [3.8, 4) is 5.75 Å². The summed E-state index contributed by atoms with van der Waals surface area (Å²) in [6.07, 6.45) is 2.07. The normalized spacial score (nSPS) is 10.3. The Labute approximate surface area is 163 Å². The van der Waals surface area contributed by atoms with Crippen LogP contribution in [0.25, 0.3) is 0 Å². The van der Waals surface area contributed by atoms with Gasteiger partial charge in [0.1, 0.15) is 5.75 Å². The van der Waals surface area contributed by atoms with Crippen LogP contribution in [0.2, 0.25) is 0 Å². The molecule has 8 heteroatoms. The van der Waals surface area contributed by atoms with Gasteiger partial charge in [-0.2, -0.15) is 5.10 Å². The molecule has 28 heavy (non-hydrogen) atoms. The van der Waals surface area contributed by atoms with Gasteiger partial charge in [0.05, 0.1) is 6.21 Å². The van der Waals surface area contributed by atoms with Crippen LogP contribution in [0.4, 0.5) is 5.69 Å². The van der Waals surface area contributed by atoms with Gasteiger partial charge in [-0.3, -0.25) is 14.4 Å². The zero-order valence-electron chi connectivity index (χ0n) is 15.5. The van der Waals surface area contributed by atoms with E-state index in [1.165, 1.54) is 6.21 Å². The Bertz CT molecular complexity index is 837. The number of benzene rings is 2. The molecule has 0 saturated heterocycles. The Balaban J connectivity index is 1.88. The molecule has 146 valence electrons. The summed E-state index contributed by atoms with van der Waals surface area (Å²) in [5.74, 6) is -1.50. The maximum Gasteiger partial charge on any atom is 0.329 e. The van der Waals surface area contributed by atoms with Gasteiger partial charge in [-0.25, -0.2) is 5.43 Å². The summed E-state index contributed by atoms with van der Waals surface area (Å²) in [6, 6.07) is 15.9. The number of hydrazone groups is 1. The van der Waals surface area contributed by atoms with Crippen LogP contribution < -0.4 is 20.8 Å². The Morgan fingerprint density at radius 2 is 1.71 bits per heavy atom. The average Bonchev–Trinajstić information content (AvgIpc) is 2.72. The van der Waals surface area contributed by atoms with Crippen molar-refractivity contribution in [3.63, 3.8) is 0 Å². The summed E-state index contributed by atoms with van der Waals surface area (Å²) in [6.45, 7) is 2.11. The molecule has 0 unspecified atom stereocenters. The SMILES string of the molecule is CCCNC(=O)C(=O)N/N=C\c1ccccc1OCC(=O)Nc1ccccc1. The fourth-order valence-corrected chi connectivity index (χ4v) is 2.11. The molecule has 0 spiro atoms. The molecule has 0 aliphatic heterocycles. The zero-order chi connectivity index (χ0) is 20.2. The number of para-hydroxylation sites is 2. The fourth-order valence-electron chi connectivity index (χ4n) is 2.11. The van der Waals surface area contributed by atoms with Crippen molar-refractivity contribution in [1.29, 1.82) is 0 Å². The molecular formula is C20H22N4O4. The van der Waals surface area contributed by atoms with E-state index in [9.17, 15) is 14.4 Å². The average molecular weight is 382 g/mol. The van der Waals surface area contributed by atoms with E-state index in [-0.39, 0.29) is 12.5 Å². The van der Waals surface area contributed by atoms with Gasteiger partial charge >= 0.3 is 11.8 Å². The third kappa shape index (κ3) is 6.91. The van der Waals surface area contributed by atoms with Gasteiger partial charge in [0.25, 0.3) is 5.91 Å². The van der Waals surface area contributed by atoms with Gasteiger partial charge in [-0.15, -0.1) is 0 Å². The number of hydrogen-bond donors (Lipinski definition) is 3. The molecule has 2 aromatic carbocycles. The topological polar surface area (TPSA) is 109 Å². The first-order valence-corrected chi connectivity index (χ1v) is 8.78. The third-order valence-electron chi connectivity index (χ3n) is 3.45. The highest BCUT2D eigenvalue weighted by molar-refractivity contribution is 6.35. The summed E-state index contributed by atoms with van der Waals surface area (Å²) < 4.78 is 5.53. The van der Waals surface area contributed by atoms with Crippen LogP contribution in [0, 0.1) is 0 Å². The number of amides is 3. The minimum atomic E-state index is -0.856. The van der Waals surface area contributed by atoms with Gasteiger partial charge in [0.2, 0.25) is 0 Å². The highest BCUT2D eigenvalue weighted by Crippen LogP contribution is 2.16. The second-order valence-corrected chi connectivity index (χ2v) is 5.70. The predicted molar refractivity (Wildman–Crippen MR) is 106 cm³/mol. The van der Waals surface area contributed by atoms with E-state index < -0.39 is 11.8 Å². The lowest BCUT2D eigenvalue weighted by Crippen LogP contribution is -2.38. The Morgan fingerprint density at radius 3 is 2.46 bits per heavy atom. The van der Waals surface area contributed by atoms with Crippen LogP contribution in [0.3, 0.4) is 0 Å². The van der Waals surface area contributed by atoms with E-state index in [1.54, 1.807) is 36.4 Å². The summed E-state index contributed by atoms with van der Waals surface area (Å²) in [7, 11) is 0. The molecule has 0 aromatic heterocycles. The summed E-state index contributed by atoms with van der Waals surface area (Å²) in [5, 5.41) is 8.93. The minimum Gasteiger partial charge on any atom is -0.483 e. The van der Waals surface area contributed by atoms with Gasteiger partial charge in [-0.05, 0) is 30.7 Å². The van der Waals surface area contributed by atoms with Crippen molar-refractivity contribution < 1.29 is 19.1 Å². The molecule has 0 aliphatic carbocycles. The van der Waals surface area contributed by atoms with Crippen molar-refractivity contribution in [3.05, 3.63) is 60.2 Å². The minimum absolute atomic E-state index is 0.189. The van der Waals surface area contributed by atoms with Crippen molar-refractivity contribution in [2.75, 3.05) is 18.5 Å². The second-order valence-electron chi connectivity index (χ2n) is 5.70. The number of carbonyl (C=O) groups is 3. The van der Waals surface area contributed by atoms with Crippen molar-refractivity contribution in [1.82, 2.24) is 10.7 Å². The second kappa shape index (κ2) is 11.1. The fraction of sp³-hybridized carbons (Fsp3) is 0.200. The van der Waals surface area contributed by atoms with Crippen LogP contribution in [-0.4, -0.2) is 37.1 Å². The van der Waals surface area contributed by atoms with Crippen LogP contribution in [0.15, 0.2) is 59.7 Å². The van der Waals surface area contributed by atoms with E-state index in [0.717, 1.165) is 6.42 Å². The third-order valence-corrected chi connectivity index (χ3v) is 3.45. The molecule has 3 amide bonds. The molecule has 0 radical (unpaired) electrons. The first-order valence-electron chi connectivity index (χ1n) is 8.78. The first-order chi connectivity index (χ1) is 13.6. The van der Waals surface area contributed by atoms with E-state index in [4.69, 9.17) is 4.74 Å².